The zero-order valence-corrected chi connectivity index (χ0v) is 18.2. The Kier molecular flexibility index (Phi) is 7.41. The molecule has 8 heteroatoms. The van der Waals surface area contributed by atoms with E-state index < -0.39 is 11.7 Å². The van der Waals surface area contributed by atoms with Crippen LogP contribution in [0.15, 0.2) is 48.5 Å². The molecule has 1 aliphatic heterocycles. The van der Waals surface area contributed by atoms with Gasteiger partial charge in [0.15, 0.2) is 0 Å². The van der Waals surface area contributed by atoms with Crippen LogP contribution in [0.3, 0.4) is 0 Å². The van der Waals surface area contributed by atoms with Crippen molar-refractivity contribution in [2.45, 2.75) is 38.5 Å². The van der Waals surface area contributed by atoms with Crippen LogP contribution in [-0.4, -0.2) is 49.1 Å². The van der Waals surface area contributed by atoms with Gasteiger partial charge >= 0.3 is 6.18 Å². The molecule has 0 aromatic heterocycles. The first-order valence-electron chi connectivity index (χ1n) is 10.6. The van der Waals surface area contributed by atoms with Gasteiger partial charge in [-0.15, -0.1) is 0 Å². The van der Waals surface area contributed by atoms with Gasteiger partial charge < -0.3 is 15.1 Å². The number of anilines is 1. The number of benzene rings is 2. The Morgan fingerprint density at radius 1 is 1.22 bits per heavy atom. The van der Waals surface area contributed by atoms with Crippen molar-refractivity contribution in [3.8, 4) is 6.07 Å². The van der Waals surface area contributed by atoms with Crippen molar-refractivity contribution in [2.24, 2.45) is 0 Å². The highest BCUT2D eigenvalue weighted by Gasteiger charge is 2.34. The number of hydrogen-bond acceptors (Lipinski definition) is 4. The SMILES string of the molecule is CC(C)NCC(=O)N(CCc1ccc(C(F)(F)F)cc1)C1CN(c2cccc(C#N)c2)C1. The number of nitrogens with zero attached hydrogens (tertiary/aromatic N) is 3. The highest BCUT2D eigenvalue weighted by atomic mass is 19.4. The summed E-state index contributed by atoms with van der Waals surface area (Å²) in [5.41, 5.74) is 1.60. The second kappa shape index (κ2) is 10.0. The van der Waals surface area contributed by atoms with E-state index in [1.54, 1.807) is 6.07 Å². The van der Waals surface area contributed by atoms with Crippen LogP contribution in [0.4, 0.5) is 18.9 Å². The molecule has 1 heterocycles. The fourth-order valence-corrected chi connectivity index (χ4v) is 3.65. The lowest BCUT2D eigenvalue weighted by Gasteiger charge is -2.47. The van der Waals surface area contributed by atoms with Gasteiger partial charge in [-0.05, 0) is 42.3 Å². The van der Waals surface area contributed by atoms with E-state index in [9.17, 15) is 18.0 Å². The third-order valence-corrected chi connectivity index (χ3v) is 5.55. The molecule has 2 aromatic carbocycles. The van der Waals surface area contributed by atoms with Gasteiger partial charge in [0.25, 0.3) is 0 Å². The summed E-state index contributed by atoms with van der Waals surface area (Å²) in [5.74, 6) is -0.0268. The molecular weight excluding hydrogens is 417 g/mol. The van der Waals surface area contributed by atoms with Gasteiger partial charge in [-0.25, -0.2) is 0 Å². The highest BCUT2D eigenvalue weighted by molar-refractivity contribution is 5.79. The molecule has 1 N–H and O–H groups in total. The van der Waals surface area contributed by atoms with Crippen LogP contribution in [0.1, 0.15) is 30.5 Å². The lowest BCUT2D eigenvalue weighted by atomic mass is 10.0. The molecule has 0 atom stereocenters. The van der Waals surface area contributed by atoms with Gasteiger partial charge in [-0.3, -0.25) is 4.79 Å². The highest BCUT2D eigenvalue weighted by Crippen LogP contribution is 2.29. The molecule has 1 saturated heterocycles. The van der Waals surface area contributed by atoms with Crippen LogP contribution in [0, 0.1) is 11.3 Å². The average Bonchev–Trinajstić information content (AvgIpc) is 2.73. The first-order valence-corrected chi connectivity index (χ1v) is 10.6. The monoisotopic (exact) mass is 444 g/mol. The fourth-order valence-electron chi connectivity index (χ4n) is 3.65. The van der Waals surface area contributed by atoms with Crippen LogP contribution in [0.25, 0.3) is 0 Å². The third kappa shape index (κ3) is 6.01. The van der Waals surface area contributed by atoms with E-state index in [-0.39, 0.29) is 24.5 Å². The van der Waals surface area contributed by atoms with Crippen LogP contribution < -0.4 is 10.2 Å². The fraction of sp³-hybridized carbons (Fsp3) is 0.417. The molecule has 3 rings (SSSR count). The number of rotatable bonds is 8. The number of nitriles is 1. The zero-order valence-electron chi connectivity index (χ0n) is 18.2. The Morgan fingerprint density at radius 3 is 2.50 bits per heavy atom. The summed E-state index contributed by atoms with van der Waals surface area (Å²) in [6.07, 6.45) is -3.88. The minimum atomic E-state index is -4.36. The van der Waals surface area contributed by atoms with Crippen LogP contribution in [0.2, 0.25) is 0 Å². The predicted molar refractivity (Wildman–Crippen MR) is 117 cm³/mol. The molecule has 0 bridgehead atoms. The number of alkyl halides is 3. The molecule has 0 saturated carbocycles. The molecule has 170 valence electrons. The van der Waals surface area contributed by atoms with Gasteiger partial charge in [0.05, 0.1) is 29.8 Å². The topological polar surface area (TPSA) is 59.4 Å². The quantitative estimate of drug-likeness (QED) is 0.672. The Labute approximate surface area is 186 Å². The molecule has 1 aliphatic rings. The molecule has 0 spiro atoms. The predicted octanol–water partition coefficient (Wildman–Crippen LogP) is 3.83. The van der Waals surface area contributed by atoms with Crippen molar-refractivity contribution in [1.29, 1.82) is 5.26 Å². The summed E-state index contributed by atoms with van der Waals surface area (Å²) in [6.45, 7) is 5.87. The van der Waals surface area contributed by atoms with Crippen molar-refractivity contribution in [3.63, 3.8) is 0 Å². The van der Waals surface area contributed by atoms with E-state index in [0.29, 0.717) is 31.6 Å². The number of hydrogen-bond donors (Lipinski definition) is 1. The third-order valence-electron chi connectivity index (χ3n) is 5.55. The van der Waals surface area contributed by atoms with E-state index in [1.165, 1.54) is 12.1 Å². The smallest absolute Gasteiger partial charge is 0.367 e. The average molecular weight is 445 g/mol. The summed E-state index contributed by atoms with van der Waals surface area (Å²) < 4.78 is 38.4. The Morgan fingerprint density at radius 2 is 1.91 bits per heavy atom. The standard InChI is InChI=1S/C24H27F3N4O/c1-17(2)29-14-23(32)31(11-10-18-6-8-20(9-7-18)24(25,26)27)22-15-30(16-22)21-5-3-4-19(12-21)13-28/h3-9,12,17,22,29H,10-11,14-16H2,1-2H3. The molecule has 1 fully saturated rings. The molecule has 0 unspecified atom stereocenters. The van der Waals surface area contributed by atoms with Crippen molar-refractivity contribution in [3.05, 3.63) is 65.2 Å². The van der Waals surface area contributed by atoms with Crippen LogP contribution in [-0.2, 0) is 17.4 Å². The number of carbonyl (C=O) groups is 1. The van der Waals surface area contributed by atoms with E-state index in [2.05, 4.69) is 16.3 Å². The first-order chi connectivity index (χ1) is 15.2. The second-order valence-corrected chi connectivity index (χ2v) is 8.29. The normalized spacial score (nSPS) is 14.2. The van der Waals surface area contributed by atoms with Crippen molar-refractivity contribution >= 4 is 11.6 Å². The molecule has 2 aromatic rings. The van der Waals surface area contributed by atoms with Crippen molar-refractivity contribution < 1.29 is 18.0 Å². The summed E-state index contributed by atoms with van der Waals surface area (Å²) in [5, 5.41) is 12.2. The lowest BCUT2D eigenvalue weighted by molar-refractivity contribution is -0.137. The molecule has 5 nitrogen and oxygen atoms in total. The van der Waals surface area contributed by atoms with Crippen LogP contribution in [0.5, 0.6) is 0 Å². The van der Waals surface area contributed by atoms with Crippen molar-refractivity contribution in [2.75, 3.05) is 31.1 Å². The Hall–Kier alpha value is -3.05. The number of amides is 1. The maximum atomic E-state index is 12.9. The lowest BCUT2D eigenvalue weighted by Crippen LogP contribution is -2.62. The van der Waals surface area contributed by atoms with Crippen molar-refractivity contribution in [1.82, 2.24) is 10.2 Å². The number of halogens is 3. The van der Waals surface area contributed by atoms with E-state index in [4.69, 9.17) is 5.26 Å². The number of carbonyl (C=O) groups excluding carboxylic acids is 1. The maximum Gasteiger partial charge on any atom is 0.416 e. The molecular formula is C24H27F3N4O. The molecule has 0 radical (unpaired) electrons. The van der Waals surface area contributed by atoms with Gasteiger partial charge in [-0.2, -0.15) is 18.4 Å². The summed E-state index contributed by atoms with van der Waals surface area (Å²) in [6, 6.07) is 14.8. The molecule has 32 heavy (non-hydrogen) atoms. The Balaban J connectivity index is 1.65. The van der Waals surface area contributed by atoms with Gasteiger partial charge in [0, 0.05) is 31.4 Å². The van der Waals surface area contributed by atoms with Gasteiger partial charge in [0.1, 0.15) is 0 Å². The zero-order chi connectivity index (χ0) is 23.3. The maximum absolute atomic E-state index is 12.9. The van der Waals surface area contributed by atoms with Gasteiger partial charge in [-0.1, -0.05) is 32.0 Å². The number of nitrogens with one attached hydrogen (secondary N) is 1. The van der Waals surface area contributed by atoms with E-state index >= 15 is 0 Å². The van der Waals surface area contributed by atoms with E-state index in [1.807, 2.05) is 36.9 Å². The van der Waals surface area contributed by atoms with Crippen LogP contribution >= 0.6 is 0 Å². The minimum Gasteiger partial charge on any atom is -0.367 e. The minimum absolute atomic E-state index is 0.0108. The Bertz CT molecular complexity index is 960. The first kappa shape index (κ1) is 23.6. The van der Waals surface area contributed by atoms with Gasteiger partial charge in [0.2, 0.25) is 5.91 Å². The van der Waals surface area contributed by atoms with E-state index in [0.717, 1.165) is 23.4 Å². The summed E-state index contributed by atoms with van der Waals surface area (Å²) in [4.78, 5) is 16.8. The second-order valence-electron chi connectivity index (χ2n) is 8.29. The summed E-state index contributed by atoms with van der Waals surface area (Å²) in [7, 11) is 0. The molecule has 0 aliphatic carbocycles. The largest absolute Gasteiger partial charge is 0.416 e. The summed E-state index contributed by atoms with van der Waals surface area (Å²) >= 11 is 0. The molecule has 1 amide bonds.